The molecule has 2 aromatic carbocycles. The van der Waals surface area contributed by atoms with Crippen LogP contribution in [-0.4, -0.2) is 20.6 Å². The number of rotatable bonds is 3. The minimum Gasteiger partial charge on any atom is -0.494 e. The molecule has 4 rings (SSSR count). The van der Waals surface area contributed by atoms with Crippen molar-refractivity contribution >= 4 is 18.1 Å². The summed E-state index contributed by atoms with van der Waals surface area (Å²) in [5.41, 5.74) is 1.13. The van der Waals surface area contributed by atoms with E-state index in [-0.39, 0.29) is 11.1 Å². The van der Waals surface area contributed by atoms with Gasteiger partial charge in [0.1, 0.15) is 5.56 Å². The van der Waals surface area contributed by atoms with Crippen molar-refractivity contribution in [3.8, 4) is 5.88 Å². The van der Waals surface area contributed by atoms with Gasteiger partial charge in [-0.05, 0) is 50.1 Å². The highest BCUT2D eigenvalue weighted by Crippen LogP contribution is 2.23. The topological polar surface area (TPSA) is 105 Å². The van der Waals surface area contributed by atoms with Gasteiger partial charge in [-0.1, -0.05) is 42.0 Å². The highest BCUT2D eigenvalue weighted by Gasteiger charge is 2.20. The molecule has 3 aromatic rings. The fourth-order valence-electron chi connectivity index (χ4n) is 3.83. The van der Waals surface area contributed by atoms with E-state index in [9.17, 15) is 19.5 Å². The Bertz CT molecular complexity index is 1480. The summed E-state index contributed by atoms with van der Waals surface area (Å²) < 4.78 is 1.09. The molecule has 2 N–H and O–H groups in total. The predicted molar refractivity (Wildman–Crippen MR) is 117 cm³/mol. The van der Waals surface area contributed by atoms with Crippen LogP contribution in [0.2, 0.25) is 0 Å². The first-order chi connectivity index (χ1) is 14.8. The molecule has 1 aliphatic heterocycles. The molecular weight excluding hydrogens is 394 g/mol. The Balaban J connectivity index is 1.90. The highest BCUT2D eigenvalue weighted by molar-refractivity contribution is 6.07. The molecule has 0 saturated carbocycles. The molecule has 0 fully saturated rings. The number of benzene rings is 2. The maximum atomic E-state index is 12.6. The number of nitrogens with zero attached hydrogens (tertiary/aromatic N) is 2. The van der Waals surface area contributed by atoms with Crippen molar-refractivity contribution in [3.63, 3.8) is 0 Å². The molecule has 2 heterocycles. The number of hydrogen-bond donors (Lipinski definition) is 2. The third-order valence-electron chi connectivity index (χ3n) is 5.37. The molecule has 1 unspecified atom stereocenters. The Hall–Kier alpha value is -4.00. The lowest BCUT2D eigenvalue weighted by Gasteiger charge is -2.18. The highest BCUT2D eigenvalue weighted by atomic mass is 16.3. The van der Waals surface area contributed by atoms with Crippen LogP contribution in [0.5, 0.6) is 5.88 Å². The summed E-state index contributed by atoms with van der Waals surface area (Å²) in [5.74, 6) is -1.03. The second-order valence-electron chi connectivity index (χ2n) is 7.63. The van der Waals surface area contributed by atoms with Gasteiger partial charge in [0.25, 0.3) is 11.5 Å². The number of aryl methyl sites for hydroxylation is 2. The first-order valence-electron chi connectivity index (χ1n) is 9.82. The first kappa shape index (κ1) is 20.3. The zero-order valence-corrected chi connectivity index (χ0v) is 17.3. The molecule has 31 heavy (non-hydrogen) atoms. The van der Waals surface area contributed by atoms with Crippen LogP contribution in [0.1, 0.15) is 35.2 Å². The lowest BCUT2D eigenvalue weighted by Crippen LogP contribution is -2.34. The van der Waals surface area contributed by atoms with Crippen molar-refractivity contribution < 1.29 is 9.90 Å². The van der Waals surface area contributed by atoms with Crippen LogP contribution in [0.25, 0.3) is 12.2 Å². The molecule has 7 nitrogen and oxygen atoms in total. The molecule has 0 radical (unpaired) electrons. The number of hydrogen-bond acceptors (Lipinski definition) is 4. The molecule has 0 saturated heterocycles. The van der Waals surface area contributed by atoms with E-state index in [0.717, 1.165) is 26.5 Å². The van der Waals surface area contributed by atoms with Crippen molar-refractivity contribution in [1.29, 1.82) is 0 Å². The van der Waals surface area contributed by atoms with Gasteiger partial charge in [-0.15, -0.1) is 0 Å². The van der Waals surface area contributed by atoms with Crippen LogP contribution in [0.3, 0.4) is 0 Å². The van der Waals surface area contributed by atoms with Gasteiger partial charge in [0, 0.05) is 10.8 Å². The third kappa shape index (κ3) is 3.66. The van der Waals surface area contributed by atoms with Crippen LogP contribution in [0.4, 0.5) is 0 Å². The number of aromatic nitrogens is 2. The second kappa shape index (κ2) is 7.68. The Morgan fingerprint density at radius 2 is 1.81 bits per heavy atom. The molecule has 1 atom stereocenters. The minimum atomic E-state index is -0.779. The largest absolute Gasteiger partial charge is 0.494 e. The summed E-state index contributed by atoms with van der Waals surface area (Å²) >= 11 is 0. The van der Waals surface area contributed by atoms with Crippen LogP contribution >= 0.6 is 0 Å². The first-order valence-corrected chi connectivity index (χ1v) is 9.82. The summed E-state index contributed by atoms with van der Waals surface area (Å²) in [4.78, 5) is 43.9. The predicted octanol–water partition coefficient (Wildman–Crippen LogP) is 1.49. The quantitative estimate of drug-likeness (QED) is 0.633. The van der Waals surface area contributed by atoms with E-state index in [0.29, 0.717) is 5.36 Å². The Morgan fingerprint density at radius 1 is 1.10 bits per heavy atom. The van der Waals surface area contributed by atoms with Gasteiger partial charge in [0.2, 0.25) is 5.88 Å². The van der Waals surface area contributed by atoms with E-state index in [1.807, 2.05) is 56.3 Å². The Morgan fingerprint density at radius 3 is 2.52 bits per heavy atom. The van der Waals surface area contributed by atoms with E-state index >= 15 is 0 Å². The number of H-pyrrole nitrogens is 1. The maximum absolute atomic E-state index is 12.6. The number of aromatic hydroxyl groups is 1. The maximum Gasteiger partial charge on any atom is 0.331 e. The van der Waals surface area contributed by atoms with Gasteiger partial charge in [-0.3, -0.25) is 19.1 Å². The van der Waals surface area contributed by atoms with Crippen molar-refractivity contribution in [1.82, 2.24) is 9.55 Å². The molecule has 1 aliphatic rings. The van der Waals surface area contributed by atoms with Crippen LogP contribution in [0, 0.1) is 13.8 Å². The van der Waals surface area contributed by atoms with Gasteiger partial charge in [-0.25, -0.2) is 9.79 Å². The number of nitrogens with one attached hydrogen (secondary N) is 1. The Labute approximate surface area is 177 Å². The lowest BCUT2D eigenvalue weighted by atomic mass is 10.0. The Kier molecular flexibility index (Phi) is 5.02. The van der Waals surface area contributed by atoms with Crippen LogP contribution < -0.4 is 21.8 Å². The fraction of sp³-hybridized carbons (Fsp3) is 0.167. The fourth-order valence-corrected chi connectivity index (χ4v) is 3.83. The molecule has 7 heteroatoms. The van der Waals surface area contributed by atoms with Gasteiger partial charge in [0.15, 0.2) is 0 Å². The molecule has 1 amide bonds. The summed E-state index contributed by atoms with van der Waals surface area (Å²) in [7, 11) is 0. The number of fused-ring (bicyclic) bond motifs is 1. The zero-order chi connectivity index (χ0) is 22.3. The smallest absolute Gasteiger partial charge is 0.331 e. The van der Waals surface area contributed by atoms with Gasteiger partial charge >= 0.3 is 5.69 Å². The average Bonchev–Trinajstić information content (AvgIpc) is 2.72. The van der Waals surface area contributed by atoms with E-state index < -0.39 is 29.1 Å². The summed E-state index contributed by atoms with van der Waals surface area (Å²) in [6.45, 7) is 5.56. The van der Waals surface area contributed by atoms with Crippen molar-refractivity contribution in [2.24, 2.45) is 4.99 Å². The average molecular weight is 415 g/mol. The van der Waals surface area contributed by atoms with E-state index in [1.165, 1.54) is 6.08 Å². The van der Waals surface area contributed by atoms with Gasteiger partial charge < -0.3 is 5.11 Å². The summed E-state index contributed by atoms with van der Waals surface area (Å²) in [6, 6.07) is 12.4. The third-order valence-corrected chi connectivity index (χ3v) is 5.37. The van der Waals surface area contributed by atoms with Gasteiger partial charge in [-0.2, -0.15) is 0 Å². The number of amides is 1. The molecule has 156 valence electrons. The summed E-state index contributed by atoms with van der Waals surface area (Å²) in [6.07, 6.45) is 2.91. The molecular formula is C24H21N3O4. The summed E-state index contributed by atoms with van der Waals surface area (Å²) in [5, 5.41) is 12.2. The van der Waals surface area contributed by atoms with Crippen molar-refractivity contribution in [2.45, 2.75) is 26.8 Å². The number of carbonyl (C=O) groups is 1. The molecule has 0 aliphatic carbocycles. The number of carbonyl (C=O) groups excluding carboxylic acids is 1. The number of aromatic amines is 1. The lowest BCUT2D eigenvalue weighted by molar-refractivity contribution is -0.114. The van der Waals surface area contributed by atoms with Crippen molar-refractivity contribution in [2.75, 3.05) is 0 Å². The van der Waals surface area contributed by atoms with E-state index in [2.05, 4.69) is 9.98 Å². The van der Waals surface area contributed by atoms with E-state index in [4.69, 9.17) is 0 Å². The molecule has 1 aromatic heterocycles. The SMILES string of the molecule is Cc1cc(C)c2c(c1)=C/C(=C\c1c(O)n(C(C)c3ccccc3)c(=O)[nH]c1=O)C(=O)N=2. The molecule has 0 bridgehead atoms. The van der Waals surface area contributed by atoms with Crippen LogP contribution in [-0.2, 0) is 4.79 Å². The van der Waals surface area contributed by atoms with Crippen molar-refractivity contribution in [3.05, 3.63) is 102 Å². The molecule has 0 spiro atoms. The minimum absolute atomic E-state index is 0.149. The normalized spacial score (nSPS) is 15.2. The van der Waals surface area contributed by atoms with Crippen LogP contribution in [0.15, 0.2) is 62.6 Å². The van der Waals surface area contributed by atoms with E-state index in [1.54, 1.807) is 13.0 Å². The second-order valence-corrected chi connectivity index (χ2v) is 7.63. The standard InChI is InChI=1S/C24H21N3O4/c1-13-9-14(2)20-17(10-13)11-18(21(28)25-20)12-19-22(29)26-24(31)27(23(19)30)15(3)16-7-5-4-6-8-16/h4-12,15,30H,1-3H3,(H,26,29,31)/b18-12+. The van der Waals surface area contributed by atoms with Gasteiger partial charge in [0.05, 0.1) is 11.4 Å². The zero-order valence-electron chi connectivity index (χ0n) is 17.3. The monoisotopic (exact) mass is 415 g/mol.